The second-order valence-electron chi connectivity index (χ2n) is 5.49. The van der Waals surface area contributed by atoms with E-state index in [4.69, 9.17) is 4.74 Å². The van der Waals surface area contributed by atoms with Gasteiger partial charge in [0.15, 0.2) is 5.96 Å². The Bertz CT molecular complexity index is 407. The third-order valence-electron chi connectivity index (χ3n) is 3.42. The minimum Gasteiger partial charge on any atom is -0.385 e. The van der Waals surface area contributed by atoms with Gasteiger partial charge in [0.25, 0.3) is 0 Å². The smallest absolute Gasteiger partial charge is 0.191 e. The van der Waals surface area contributed by atoms with Crippen molar-refractivity contribution in [2.45, 2.75) is 26.3 Å². The van der Waals surface area contributed by atoms with Gasteiger partial charge in [-0.15, -0.1) is 0 Å². The quantitative estimate of drug-likeness (QED) is 0.338. The molecule has 0 unspecified atom stereocenters. The van der Waals surface area contributed by atoms with Gasteiger partial charge in [-0.3, -0.25) is 4.99 Å². The molecule has 0 aliphatic carbocycles. The monoisotopic (exact) mass is 324 g/mol. The standard InChI is InChI=1S/C16H32N6O/c1-4-18-16(19-7-5-11-22-13-8-17-15-22)20-9-12-21(2)10-6-14-23-3/h8,13,15H,4-7,9-12,14H2,1-3H3,(H2,18,19,20). The molecule has 1 heterocycles. The SMILES string of the molecule is CCNC(=NCCCn1ccnc1)NCCN(C)CCCOC. The van der Waals surface area contributed by atoms with Crippen molar-refractivity contribution >= 4 is 5.96 Å². The zero-order valence-electron chi connectivity index (χ0n) is 14.8. The van der Waals surface area contributed by atoms with Crippen molar-refractivity contribution in [1.29, 1.82) is 0 Å². The summed E-state index contributed by atoms with van der Waals surface area (Å²) in [5.74, 6) is 0.892. The maximum absolute atomic E-state index is 5.07. The Morgan fingerprint density at radius 3 is 2.87 bits per heavy atom. The minimum absolute atomic E-state index is 0.803. The molecule has 0 aromatic carbocycles. The van der Waals surface area contributed by atoms with E-state index < -0.39 is 0 Å². The van der Waals surface area contributed by atoms with Gasteiger partial charge in [-0.25, -0.2) is 4.98 Å². The van der Waals surface area contributed by atoms with Crippen molar-refractivity contribution in [2.24, 2.45) is 4.99 Å². The highest BCUT2D eigenvalue weighted by Crippen LogP contribution is 1.91. The van der Waals surface area contributed by atoms with Crippen LogP contribution in [0.1, 0.15) is 19.8 Å². The summed E-state index contributed by atoms with van der Waals surface area (Å²) in [6.07, 6.45) is 7.69. The molecule has 7 nitrogen and oxygen atoms in total. The molecule has 1 aromatic heterocycles. The zero-order chi connectivity index (χ0) is 16.8. The van der Waals surface area contributed by atoms with Crippen molar-refractivity contribution in [3.8, 4) is 0 Å². The van der Waals surface area contributed by atoms with E-state index in [1.165, 1.54) is 0 Å². The number of hydrogen-bond acceptors (Lipinski definition) is 4. The lowest BCUT2D eigenvalue weighted by atomic mass is 10.4. The Morgan fingerprint density at radius 1 is 1.30 bits per heavy atom. The minimum atomic E-state index is 0.803. The van der Waals surface area contributed by atoms with Crippen molar-refractivity contribution in [3.63, 3.8) is 0 Å². The van der Waals surface area contributed by atoms with Crippen LogP contribution in [-0.4, -0.2) is 73.9 Å². The summed E-state index contributed by atoms with van der Waals surface area (Å²) in [5, 5.41) is 6.67. The predicted molar refractivity (Wildman–Crippen MR) is 94.8 cm³/mol. The lowest BCUT2D eigenvalue weighted by Gasteiger charge is -2.18. The number of rotatable bonds is 12. The summed E-state index contributed by atoms with van der Waals surface area (Å²) in [6, 6.07) is 0. The largest absolute Gasteiger partial charge is 0.385 e. The first kappa shape index (κ1) is 19.4. The van der Waals surface area contributed by atoms with Crippen LogP contribution in [0.3, 0.4) is 0 Å². The summed E-state index contributed by atoms with van der Waals surface area (Å²) in [4.78, 5) is 10.9. The zero-order valence-corrected chi connectivity index (χ0v) is 14.8. The van der Waals surface area contributed by atoms with Crippen LogP contribution in [0.15, 0.2) is 23.7 Å². The van der Waals surface area contributed by atoms with E-state index in [-0.39, 0.29) is 0 Å². The molecule has 132 valence electrons. The van der Waals surface area contributed by atoms with Gasteiger partial charge in [0.05, 0.1) is 6.33 Å². The van der Waals surface area contributed by atoms with E-state index in [1.54, 1.807) is 13.3 Å². The van der Waals surface area contributed by atoms with E-state index in [9.17, 15) is 0 Å². The van der Waals surface area contributed by atoms with E-state index in [2.05, 4.69) is 44.0 Å². The highest BCUT2D eigenvalue weighted by molar-refractivity contribution is 5.79. The number of ether oxygens (including phenoxy) is 1. The lowest BCUT2D eigenvalue weighted by molar-refractivity contribution is 0.180. The van der Waals surface area contributed by atoms with Gasteiger partial charge in [-0.1, -0.05) is 0 Å². The average Bonchev–Trinajstić information content (AvgIpc) is 3.05. The van der Waals surface area contributed by atoms with E-state index >= 15 is 0 Å². The van der Waals surface area contributed by atoms with Crippen molar-refractivity contribution in [1.82, 2.24) is 25.1 Å². The van der Waals surface area contributed by atoms with Gasteiger partial charge < -0.3 is 24.8 Å². The molecule has 0 amide bonds. The van der Waals surface area contributed by atoms with Crippen molar-refractivity contribution in [3.05, 3.63) is 18.7 Å². The Morgan fingerprint density at radius 2 is 2.17 bits per heavy atom. The van der Waals surface area contributed by atoms with Crippen LogP contribution >= 0.6 is 0 Å². The third-order valence-corrected chi connectivity index (χ3v) is 3.42. The second-order valence-corrected chi connectivity index (χ2v) is 5.49. The molecule has 0 bridgehead atoms. The number of imidazole rings is 1. The molecule has 0 saturated heterocycles. The Balaban J connectivity index is 2.18. The van der Waals surface area contributed by atoms with E-state index in [0.29, 0.717) is 0 Å². The number of aromatic nitrogens is 2. The second kappa shape index (κ2) is 12.9. The van der Waals surface area contributed by atoms with Gasteiger partial charge in [-0.2, -0.15) is 0 Å². The fourth-order valence-electron chi connectivity index (χ4n) is 2.16. The van der Waals surface area contributed by atoms with Crippen molar-refractivity contribution < 1.29 is 4.74 Å². The first-order valence-corrected chi connectivity index (χ1v) is 8.41. The van der Waals surface area contributed by atoms with Gasteiger partial charge in [0.2, 0.25) is 0 Å². The third kappa shape index (κ3) is 9.91. The number of likely N-dealkylation sites (N-methyl/N-ethyl adjacent to an activating group) is 1. The molecular formula is C16H32N6O. The molecule has 0 radical (unpaired) electrons. The fraction of sp³-hybridized carbons (Fsp3) is 0.750. The molecule has 7 heteroatoms. The summed E-state index contributed by atoms with van der Waals surface area (Å²) in [6.45, 7) is 8.45. The van der Waals surface area contributed by atoms with Crippen LogP contribution in [0, 0.1) is 0 Å². The number of aryl methyl sites for hydroxylation is 1. The maximum atomic E-state index is 5.07. The molecule has 1 aromatic rings. The Hall–Kier alpha value is -1.60. The molecular weight excluding hydrogens is 292 g/mol. The Labute approximate surface area is 140 Å². The fourth-order valence-corrected chi connectivity index (χ4v) is 2.16. The average molecular weight is 324 g/mol. The maximum Gasteiger partial charge on any atom is 0.191 e. The van der Waals surface area contributed by atoms with Gasteiger partial charge in [-0.05, 0) is 26.8 Å². The van der Waals surface area contributed by atoms with Crippen LogP contribution in [0.5, 0.6) is 0 Å². The number of aliphatic imine (C=N–C) groups is 1. The number of methoxy groups -OCH3 is 1. The Kier molecular flexibility index (Phi) is 10.9. The van der Waals surface area contributed by atoms with E-state index in [1.807, 2.05) is 12.5 Å². The van der Waals surface area contributed by atoms with Crippen LogP contribution < -0.4 is 10.6 Å². The molecule has 0 saturated carbocycles. The number of guanidine groups is 1. The van der Waals surface area contributed by atoms with Crippen LogP contribution in [-0.2, 0) is 11.3 Å². The molecule has 23 heavy (non-hydrogen) atoms. The topological polar surface area (TPSA) is 66.7 Å². The molecule has 0 aliphatic rings. The van der Waals surface area contributed by atoms with E-state index in [0.717, 1.165) is 64.7 Å². The van der Waals surface area contributed by atoms with Crippen LogP contribution in [0.4, 0.5) is 0 Å². The highest BCUT2D eigenvalue weighted by atomic mass is 16.5. The molecule has 2 N–H and O–H groups in total. The summed E-state index contributed by atoms with van der Waals surface area (Å²) < 4.78 is 7.15. The normalized spacial score (nSPS) is 11.9. The van der Waals surface area contributed by atoms with Crippen LogP contribution in [0.2, 0.25) is 0 Å². The summed E-state index contributed by atoms with van der Waals surface area (Å²) in [7, 11) is 3.88. The summed E-state index contributed by atoms with van der Waals surface area (Å²) in [5.41, 5.74) is 0. The molecule has 0 spiro atoms. The predicted octanol–water partition coefficient (Wildman–Crippen LogP) is 0.797. The number of nitrogens with one attached hydrogen (secondary N) is 2. The molecule has 0 aliphatic heterocycles. The summed E-state index contributed by atoms with van der Waals surface area (Å²) >= 11 is 0. The number of hydrogen-bond donors (Lipinski definition) is 2. The number of nitrogens with zero attached hydrogens (tertiary/aromatic N) is 4. The van der Waals surface area contributed by atoms with Gasteiger partial charge in [0, 0.05) is 65.4 Å². The molecule has 1 rings (SSSR count). The molecule has 0 atom stereocenters. The van der Waals surface area contributed by atoms with Gasteiger partial charge >= 0.3 is 0 Å². The molecule has 0 fully saturated rings. The first-order chi connectivity index (χ1) is 11.3. The van der Waals surface area contributed by atoms with Gasteiger partial charge in [0.1, 0.15) is 0 Å². The van der Waals surface area contributed by atoms with Crippen LogP contribution in [0.25, 0.3) is 0 Å². The first-order valence-electron chi connectivity index (χ1n) is 8.41. The highest BCUT2D eigenvalue weighted by Gasteiger charge is 2.00. The van der Waals surface area contributed by atoms with Crippen molar-refractivity contribution in [2.75, 3.05) is 53.5 Å². The lowest BCUT2D eigenvalue weighted by Crippen LogP contribution is -2.41.